The highest BCUT2D eigenvalue weighted by Crippen LogP contribution is 2.47. The third-order valence-electron chi connectivity index (χ3n) is 9.95. The number of carbonyl (C=O) groups is 2. The van der Waals surface area contributed by atoms with Crippen LogP contribution in [0.1, 0.15) is 149 Å². The van der Waals surface area contributed by atoms with Gasteiger partial charge in [0.15, 0.2) is 6.10 Å². The van der Waals surface area contributed by atoms with Crippen LogP contribution >= 0.6 is 7.82 Å². The Morgan fingerprint density at radius 1 is 0.617 bits per heavy atom. The number of unbranched alkanes of at least 4 members (excludes halogenated alkanes) is 13. The quantitative estimate of drug-likeness (QED) is 0.0110. The SMILES string of the molecule is CCC=CCC=CCC=CC=CC(O)CC=CCCCC(=O)OC(COC(=O)CCCCCCCCCCCCCCC)COP(=O)(O)OC1C(O)C(O)C(O)C(O)C1O. The Bertz CT molecular complexity index is 1300. The van der Waals surface area contributed by atoms with Crippen molar-refractivity contribution in [2.45, 2.75) is 198 Å². The monoisotopic (exact) mass is 873 g/mol. The van der Waals surface area contributed by atoms with E-state index in [0.29, 0.717) is 25.7 Å². The van der Waals surface area contributed by atoms with E-state index in [0.717, 1.165) is 38.5 Å². The molecule has 1 saturated carbocycles. The molecule has 0 aromatic rings. The van der Waals surface area contributed by atoms with Crippen LogP contribution < -0.4 is 0 Å². The summed E-state index contributed by atoms with van der Waals surface area (Å²) in [7, 11) is -5.16. The first-order valence-corrected chi connectivity index (χ1v) is 23.7. The lowest BCUT2D eigenvalue weighted by Crippen LogP contribution is -2.64. The molecule has 1 aliphatic carbocycles. The number of esters is 2. The maximum atomic E-state index is 12.8. The van der Waals surface area contributed by atoms with Crippen molar-refractivity contribution in [2.24, 2.45) is 0 Å². The number of aliphatic hydroxyl groups is 6. The number of phosphoric ester groups is 1. The van der Waals surface area contributed by atoms with E-state index in [2.05, 4.69) is 38.2 Å². The minimum Gasteiger partial charge on any atom is -0.462 e. The molecule has 14 nitrogen and oxygen atoms in total. The van der Waals surface area contributed by atoms with Crippen LogP contribution in [0.25, 0.3) is 0 Å². The standard InChI is InChI=1S/C45H77O14P/c1-3-5-7-9-11-13-15-16-17-19-21-23-28-32-38(47)56-34-37(35-57-60(54,55)59-45-43(52)41(50)40(49)42(51)44(45)53)58-39(48)33-29-25-24-27-31-36(46)30-26-22-20-18-14-12-10-8-6-4-2/h6,8,12,14,20,22,24,26-27,30,36-37,40-46,49-53H,3-5,7,9-11,13,15-19,21,23,25,28-29,31-35H2,1-2H3,(H,54,55). The predicted molar refractivity (Wildman–Crippen MR) is 232 cm³/mol. The lowest BCUT2D eigenvalue weighted by atomic mass is 9.85. The van der Waals surface area contributed by atoms with Gasteiger partial charge in [-0.15, -0.1) is 0 Å². The summed E-state index contributed by atoms with van der Waals surface area (Å²) in [6.45, 7) is 3.04. The number of aliphatic hydroxyl groups excluding tert-OH is 6. The van der Waals surface area contributed by atoms with Gasteiger partial charge in [-0.25, -0.2) is 4.57 Å². The first kappa shape index (κ1) is 55.5. The van der Waals surface area contributed by atoms with Gasteiger partial charge in [0.2, 0.25) is 0 Å². The molecule has 0 aromatic carbocycles. The van der Waals surface area contributed by atoms with Crippen LogP contribution in [-0.2, 0) is 32.7 Å². The van der Waals surface area contributed by atoms with Crippen LogP contribution in [0.2, 0.25) is 0 Å². The van der Waals surface area contributed by atoms with Crippen molar-refractivity contribution in [3.05, 3.63) is 60.8 Å². The lowest BCUT2D eigenvalue weighted by molar-refractivity contribution is -0.220. The maximum absolute atomic E-state index is 12.8. The zero-order valence-electron chi connectivity index (χ0n) is 36.1. The molecule has 1 rings (SSSR count). The number of carbonyl (C=O) groups excluding carboxylic acids is 2. The van der Waals surface area contributed by atoms with Crippen LogP contribution in [0.5, 0.6) is 0 Å². The summed E-state index contributed by atoms with van der Waals surface area (Å²) in [5, 5.41) is 60.3. The Balaban J connectivity index is 2.57. The molecule has 15 heteroatoms. The van der Waals surface area contributed by atoms with Crippen molar-refractivity contribution in [2.75, 3.05) is 13.2 Å². The van der Waals surface area contributed by atoms with E-state index in [1.807, 2.05) is 24.3 Å². The summed E-state index contributed by atoms with van der Waals surface area (Å²) in [5.41, 5.74) is 0. The van der Waals surface area contributed by atoms with Gasteiger partial charge in [-0.2, -0.15) is 0 Å². The van der Waals surface area contributed by atoms with Crippen LogP contribution in [0.4, 0.5) is 0 Å². The van der Waals surface area contributed by atoms with Crippen LogP contribution in [0.3, 0.4) is 0 Å². The average molecular weight is 873 g/mol. The maximum Gasteiger partial charge on any atom is 0.472 e. The molecule has 0 aliphatic heterocycles. The van der Waals surface area contributed by atoms with Crippen molar-refractivity contribution in [3.8, 4) is 0 Å². The molecule has 7 atom stereocenters. The first-order chi connectivity index (χ1) is 28.8. The van der Waals surface area contributed by atoms with E-state index in [-0.39, 0.29) is 12.8 Å². The van der Waals surface area contributed by atoms with E-state index in [9.17, 15) is 49.7 Å². The highest BCUT2D eigenvalue weighted by molar-refractivity contribution is 7.47. The van der Waals surface area contributed by atoms with Crippen molar-refractivity contribution in [1.29, 1.82) is 0 Å². The van der Waals surface area contributed by atoms with E-state index in [1.54, 1.807) is 12.2 Å². The summed E-state index contributed by atoms with van der Waals surface area (Å²) in [4.78, 5) is 35.6. The smallest absolute Gasteiger partial charge is 0.462 e. The summed E-state index contributed by atoms with van der Waals surface area (Å²) < 4.78 is 33.4. The fourth-order valence-corrected chi connectivity index (χ4v) is 7.32. The van der Waals surface area contributed by atoms with Gasteiger partial charge in [0, 0.05) is 12.8 Å². The molecule has 0 aromatic heterocycles. The number of hydrogen-bond donors (Lipinski definition) is 7. The van der Waals surface area contributed by atoms with Gasteiger partial charge in [0.05, 0.1) is 12.7 Å². The second kappa shape index (κ2) is 35.0. The molecular weight excluding hydrogens is 795 g/mol. The summed E-state index contributed by atoms with van der Waals surface area (Å²) in [5.74, 6) is -1.24. The van der Waals surface area contributed by atoms with Crippen LogP contribution in [0, 0.1) is 0 Å². The number of allylic oxidation sites excluding steroid dienone is 8. The summed E-state index contributed by atoms with van der Waals surface area (Å²) in [6.07, 6.45) is 24.4. The molecule has 0 heterocycles. The molecule has 0 spiro atoms. The average Bonchev–Trinajstić information content (AvgIpc) is 3.22. The Kier molecular flexibility index (Phi) is 32.4. The lowest BCUT2D eigenvalue weighted by Gasteiger charge is -2.41. The topological polar surface area (TPSA) is 230 Å². The molecule has 7 N–H and O–H groups in total. The number of hydrogen-bond acceptors (Lipinski definition) is 13. The fourth-order valence-electron chi connectivity index (χ4n) is 6.35. The Morgan fingerprint density at radius 3 is 1.75 bits per heavy atom. The summed E-state index contributed by atoms with van der Waals surface area (Å²) >= 11 is 0. The van der Waals surface area contributed by atoms with Gasteiger partial charge < -0.3 is 45.0 Å². The summed E-state index contributed by atoms with van der Waals surface area (Å²) in [6, 6.07) is 0. The van der Waals surface area contributed by atoms with Crippen molar-refractivity contribution >= 4 is 19.8 Å². The van der Waals surface area contributed by atoms with Crippen molar-refractivity contribution in [1.82, 2.24) is 0 Å². The normalized spacial score (nSPS) is 23.3. The Labute approximate surface area is 358 Å². The van der Waals surface area contributed by atoms with Gasteiger partial charge in [0.1, 0.15) is 43.2 Å². The first-order valence-electron chi connectivity index (χ1n) is 22.2. The Morgan fingerprint density at radius 2 is 1.15 bits per heavy atom. The van der Waals surface area contributed by atoms with Gasteiger partial charge >= 0.3 is 19.8 Å². The zero-order chi connectivity index (χ0) is 44.4. The highest BCUT2D eigenvalue weighted by atomic mass is 31.2. The van der Waals surface area contributed by atoms with Crippen molar-refractivity contribution in [3.63, 3.8) is 0 Å². The zero-order valence-corrected chi connectivity index (χ0v) is 37.0. The van der Waals surface area contributed by atoms with E-state index in [1.165, 1.54) is 57.8 Å². The molecule has 1 fully saturated rings. The third-order valence-corrected chi connectivity index (χ3v) is 10.9. The van der Waals surface area contributed by atoms with Crippen LogP contribution in [0.15, 0.2) is 60.8 Å². The largest absolute Gasteiger partial charge is 0.472 e. The molecule has 7 unspecified atom stereocenters. The van der Waals surface area contributed by atoms with Gasteiger partial charge in [-0.3, -0.25) is 18.6 Å². The van der Waals surface area contributed by atoms with Crippen LogP contribution in [-0.4, -0.2) is 110 Å². The van der Waals surface area contributed by atoms with Crippen molar-refractivity contribution < 1.29 is 68.2 Å². The molecule has 0 amide bonds. The number of ether oxygens (including phenoxy) is 2. The molecule has 60 heavy (non-hydrogen) atoms. The van der Waals surface area contributed by atoms with E-state index < -0.39 is 81.8 Å². The van der Waals surface area contributed by atoms with Gasteiger partial charge in [0.25, 0.3) is 0 Å². The number of phosphoric acid groups is 1. The Hall–Kier alpha value is -2.49. The number of rotatable bonds is 35. The molecule has 346 valence electrons. The predicted octanol–water partition coefficient (Wildman–Crippen LogP) is 7.14. The fraction of sp³-hybridized carbons (Fsp3) is 0.733. The molecule has 0 bridgehead atoms. The molecule has 1 aliphatic rings. The minimum absolute atomic E-state index is 0.0455. The minimum atomic E-state index is -5.16. The molecular formula is C45H77O14P. The van der Waals surface area contributed by atoms with E-state index in [4.69, 9.17) is 18.5 Å². The molecule has 0 saturated heterocycles. The third kappa shape index (κ3) is 27.5. The molecule has 0 radical (unpaired) electrons. The second-order valence-electron chi connectivity index (χ2n) is 15.4. The second-order valence-corrected chi connectivity index (χ2v) is 16.8. The van der Waals surface area contributed by atoms with E-state index >= 15 is 0 Å². The highest BCUT2D eigenvalue weighted by Gasteiger charge is 2.51. The van der Waals surface area contributed by atoms with Gasteiger partial charge in [-0.1, -0.05) is 152 Å². The van der Waals surface area contributed by atoms with Gasteiger partial charge in [-0.05, 0) is 44.9 Å².